The van der Waals surface area contributed by atoms with Crippen molar-refractivity contribution in [3.63, 3.8) is 0 Å². The zero-order valence-corrected chi connectivity index (χ0v) is 9.05. The van der Waals surface area contributed by atoms with Gasteiger partial charge in [0.2, 0.25) is 0 Å². The van der Waals surface area contributed by atoms with Crippen LogP contribution in [0.2, 0.25) is 0 Å². The van der Waals surface area contributed by atoms with E-state index in [9.17, 15) is 4.79 Å². The van der Waals surface area contributed by atoms with Gasteiger partial charge in [-0.1, -0.05) is 20.8 Å². The van der Waals surface area contributed by atoms with Crippen LogP contribution in [-0.4, -0.2) is 25.9 Å². The molecule has 0 aliphatic carbocycles. The lowest BCUT2D eigenvalue weighted by molar-refractivity contribution is -0.108. The monoisotopic (exact) mass is 176 g/mol. The molecule has 3 heteroatoms. The molecule has 0 heterocycles. The maximum Gasteiger partial charge on any atom is 0.136 e. The molecule has 1 atom stereocenters. The second-order valence-corrected chi connectivity index (χ2v) is 2.10. The zero-order chi connectivity index (χ0) is 10.4. The first kappa shape index (κ1) is 17.6. The van der Waals surface area contributed by atoms with Gasteiger partial charge >= 0.3 is 0 Å². The van der Waals surface area contributed by atoms with Crippen molar-refractivity contribution in [1.82, 2.24) is 5.32 Å². The molecule has 0 saturated carbocycles. The SMILES string of the molecule is CC.CC(N)C=O.CCCNC. The minimum Gasteiger partial charge on any atom is -0.322 e. The molecular formula is C9H24N2O. The van der Waals surface area contributed by atoms with E-state index < -0.39 is 0 Å². The highest BCUT2D eigenvalue weighted by molar-refractivity contribution is 5.55. The van der Waals surface area contributed by atoms with Crippen molar-refractivity contribution < 1.29 is 4.79 Å². The predicted molar refractivity (Wildman–Crippen MR) is 55.3 cm³/mol. The number of hydrogen-bond donors (Lipinski definition) is 2. The Morgan fingerprint density at radius 2 is 1.83 bits per heavy atom. The van der Waals surface area contributed by atoms with Crippen LogP contribution in [0.4, 0.5) is 0 Å². The predicted octanol–water partition coefficient (Wildman–Crippen LogP) is 1.17. The molecule has 76 valence electrons. The fourth-order valence-electron chi connectivity index (χ4n) is 0.250. The maximum atomic E-state index is 9.38. The average Bonchev–Trinajstić information content (AvgIpc) is 2.10. The summed E-state index contributed by atoms with van der Waals surface area (Å²) in [6.07, 6.45) is 1.93. The van der Waals surface area contributed by atoms with Gasteiger partial charge in [0.1, 0.15) is 6.29 Å². The molecule has 0 radical (unpaired) electrons. The molecule has 0 aromatic heterocycles. The number of aldehydes is 1. The number of carbonyl (C=O) groups excluding carboxylic acids is 1. The van der Waals surface area contributed by atoms with Gasteiger partial charge in [-0.25, -0.2) is 0 Å². The highest BCUT2D eigenvalue weighted by Gasteiger charge is 1.79. The standard InChI is InChI=1S/C4H11N.C3H7NO.C2H6/c1-3-4-5-2;1-3(4)2-5;1-2/h5H,3-4H2,1-2H3;2-3H,4H2,1H3;1-2H3. The largest absolute Gasteiger partial charge is 0.322 e. The van der Waals surface area contributed by atoms with Crippen LogP contribution in [0.25, 0.3) is 0 Å². The van der Waals surface area contributed by atoms with Gasteiger partial charge in [0.05, 0.1) is 6.04 Å². The van der Waals surface area contributed by atoms with Crippen molar-refractivity contribution >= 4 is 6.29 Å². The fourth-order valence-corrected chi connectivity index (χ4v) is 0.250. The molecule has 0 spiro atoms. The number of rotatable bonds is 3. The first-order chi connectivity index (χ1) is 5.68. The Morgan fingerprint density at radius 1 is 1.50 bits per heavy atom. The van der Waals surface area contributed by atoms with E-state index in [2.05, 4.69) is 12.2 Å². The fraction of sp³-hybridized carbons (Fsp3) is 0.889. The molecule has 1 unspecified atom stereocenters. The third-order valence-corrected chi connectivity index (χ3v) is 0.715. The zero-order valence-electron chi connectivity index (χ0n) is 9.05. The third kappa shape index (κ3) is 54.9. The highest BCUT2D eigenvalue weighted by Crippen LogP contribution is 1.62. The van der Waals surface area contributed by atoms with Crippen molar-refractivity contribution in [2.75, 3.05) is 13.6 Å². The molecule has 0 rings (SSSR count). The Balaban J connectivity index is -0.000000112. The summed E-state index contributed by atoms with van der Waals surface area (Å²) >= 11 is 0. The summed E-state index contributed by atoms with van der Waals surface area (Å²) in [6, 6.07) is -0.296. The molecule has 0 bridgehead atoms. The third-order valence-electron chi connectivity index (χ3n) is 0.715. The van der Waals surface area contributed by atoms with Gasteiger partial charge in [-0.15, -0.1) is 0 Å². The second-order valence-electron chi connectivity index (χ2n) is 2.10. The second kappa shape index (κ2) is 22.4. The molecule has 0 saturated heterocycles. The Labute approximate surface area is 76.7 Å². The Hall–Kier alpha value is -0.410. The van der Waals surface area contributed by atoms with Crippen molar-refractivity contribution in [1.29, 1.82) is 0 Å². The van der Waals surface area contributed by atoms with Crippen LogP contribution in [0.15, 0.2) is 0 Å². The molecule has 0 amide bonds. The molecule has 0 aromatic rings. The van der Waals surface area contributed by atoms with E-state index in [-0.39, 0.29) is 6.04 Å². The summed E-state index contributed by atoms with van der Waals surface area (Å²) in [7, 11) is 1.96. The minimum atomic E-state index is -0.296. The van der Waals surface area contributed by atoms with E-state index in [0.29, 0.717) is 6.29 Å². The van der Waals surface area contributed by atoms with Gasteiger partial charge in [0.25, 0.3) is 0 Å². The van der Waals surface area contributed by atoms with Crippen molar-refractivity contribution in [2.45, 2.75) is 40.2 Å². The lowest BCUT2D eigenvalue weighted by Crippen LogP contribution is -2.15. The summed E-state index contributed by atoms with van der Waals surface area (Å²) in [5, 5.41) is 3.02. The summed E-state index contributed by atoms with van der Waals surface area (Å²) in [5.74, 6) is 0. The van der Waals surface area contributed by atoms with Gasteiger partial charge in [0, 0.05) is 0 Å². The van der Waals surface area contributed by atoms with Gasteiger partial charge < -0.3 is 15.8 Å². The maximum absolute atomic E-state index is 9.38. The Kier molecular flexibility index (Phi) is 32.9. The molecule has 0 aliphatic heterocycles. The van der Waals surface area contributed by atoms with Crippen LogP contribution < -0.4 is 11.1 Å². The number of carbonyl (C=O) groups is 1. The molecular weight excluding hydrogens is 152 g/mol. The van der Waals surface area contributed by atoms with Crippen LogP contribution in [0.3, 0.4) is 0 Å². The molecule has 3 nitrogen and oxygen atoms in total. The number of nitrogens with two attached hydrogens (primary N) is 1. The summed E-state index contributed by atoms with van der Waals surface area (Å²) in [4.78, 5) is 9.38. The molecule has 0 fully saturated rings. The first-order valence-corrected chi connectivity index (χ1v) is 4.54. The Morgan fingerprint density at radius 3 is 1.83 bits per heavy atom. The summed E-state index contributed by atoms with van der Waals surface area (Å²) < 4.78 is 0. The normalized spacial score (nSPS) is 9.83. The smallest absolute Gasteiger partial charge is 0.136 e. The van der Waals surface area contributed by atoms with Crippen LogP contribution in [-0.2, 0) is 4.79 Å². The van der Waals surface area contributed by atoms with E-state index in [0.717, 1.165) is 6.54 Å². The van der Waals surface area contributed by atoms with E-state index >= 15 is 0 Å². The molecule has 0 aromatic carbocycles. The van der Waals surface area contributed by atoms with Crippen LogP contribution in [0, 0.1) is 0 Å². The van der Waals surface area contributed by atoms with Crippen molar-refractivity contribution in [3.05, 3.63) is 0 Å². The van der Waals surface area contributed by atoms with E-state index in [1.54, 1.807) is 6.92 Å². The van der Waals surface area contributed by atoms with E-state index in [1.807, 2.05) is 20.9 Å². The van der Waals surface area contributed by atoms with Crippen LogP contribution in [0.1, 0.15) is 34.1 Å². The van der Waals surface area contributed by atoms with Crippen molar-refractivity contribution in [2.24, 2.45) is 5.73 Å². The van der Waals surface area contributed by atoms with Gasteiger partial charge in [-0.2, -0.15) is 0 Å². The molecule has 0 aliphatic rings. The van der Waals surface area contributed by atoms with Crippen LogP contribution in [0.5, 0.6) is 0 Å². The van der Waals surface area contributed by atoms with E-state index in [1.165, 1.54) is 6.42 Å². The quantitative estimate of drug-likeness (QED) is 0.635. The van der Waals surface area contributed by atoms with E-state index in [4.69, 9.17) is 5.73 Å². The first-order valence-electron chi connectivity index (χ1n) is 4.54. The summed E-state index contributed by atoms with van der Waals surface area (Å²) in [5.41, 5.74) is 4.92. The Bertz CT molecular complexity index is 63.5. The van der Waals surface area contributed by atoms with Gasteiger partial charge in [0.15, 0.2) is 0 Å². The lowest BCUT2D eigenvalue weighted by Gasteiger charge is -1.84. The molecule has 3 N–H and O–H groups in total. The van der Waals surface area contributed by atoms with Gasteiger partial charge in [-0.05, 0) is 26.9 Å². The topological polar surface area (TPSA) is 55.1 Å². The van der Waals surface area contributed by atoms with Crippen molar-refractivity contribution in [3.8, 4) is 0 Å². The number of hydrogen-bond acceptors (Lipinski definition) is 3. The lowest BCUT2D eigenvalue weighted by atomic mass is 10.4. The highest BCUT2D eigenvalue weighted by atomic mass is 16.1. The average molecular weight is 176 g/mol. The molecule has 12 heavy (non-hydrogen) atoms. The summed E-state index contributed by atoms with van der Waals surface area (Å²) in [6.45, 7) is 8.92. The van der Waals surface area contributed by atoms with Gasteiger partial charge in [-0.3, -0.25) is 0 Å². The number of nitrogens with one attached hydrogen (secondary N) is 1. The minimum absolute atomic E-state index is 0.296. The van der Waals surface area contributed by atoms with Crippen LogP contribution >= 0.6 is 0 Å².